The molecule has 0 amide bonds. The molecule has 0 aliphatic heterocycles. The number of nitrogens with zero attached hydrogens (tertiary/aromatic N) is 1. The third-order valence-corrected chi connectivity index (χ3v) is 1.94. The van der Waals surface area contributed by atoms with Crippen molar-refractivity contribution in [1.82, 2.24) is 0 Å². The Labute approximate surface area is 83.4 Å². The number of oxime groups is 1. The summed E-state index contributed by atoms with van der Waals surface area (Å²) in [6, 6.07) is 8.04. The summed E-state index contributed by atoms with van der Waals surface area (Å²) in [5.41, 5.74) is 7.57. The molecular formula is C10H15N3O. The van der Waals surface area contributed by atoms with Crippen LogP contribution in [-0.2, 0) is 6.42 Å². The van der Waals surface area contributed by atoms with Crippen LogP contribution in [0.4, 0.5) is 5.69 Å². The molecule has 1 aromatic rings. The maximum absolute atomic E-state index is 8.34. The average molecular weight is 193 g/mol. The number of hydrogen-bond acceptors (Lipinski definition) is 3. The molecule has 0 atom stereocenters. The molecule has 0 aliphatic carbocycles. The van der Waals surface area contributed by atoms with E-state index < -0.39 is 0 Å². The molecule has 4 N–H and O–H groups in total. The highest BCUT2D eigenvalue weighted by atomic mass is 16.4. The van der Waals surface area contributed by atoms with Gasteiger partial charge in [0.2, 0.25) is 0 Å². The van der Waals surface area contributed by atoms with Crippen molar-refractivity contribution >= 4 is 11.5 Å². The van der Waals surface area contributed by atoms with Crippen LogP contribution in [0.3, 0.4) is 0 Å². The minimum Gasteiger partial charge on any atom is -0.409 e. The highest BCUT2D eigenvalue weighted by molar-refractivity contribution is 5.84. The predicted molar refractivity (Wildman–Crippen MR) is 57.7 cm³/mol. The van der Waals surface area contributed by atoms with Gasteiger partial charge in [-0.2, -0.15) is 0 Å². The number of benzene rings is 1. The summed E-state index contributed by atoms with van der Waals surface area (Å²) in [5, 5.41) is 14.3. The molecule has 0 fully saturated rings. The van der Waals surface area contributed by atoms with E-state index in [4.69, 9.17) is 10.9 Å². The summed E-state index contributed by atoms with van der Waals surface area (Å²) in [7, 11) is 0. The maximum Gasteiger partial charge on any atom is 0.158 e. The maximum atomic E-state index is 8.34. The van der Waals surface area contributed by atoms with E-state index >= 15 is 0 Å². The van der Waals surface area contributed by atoms with Gasteiger partial charge < -0.3 is 16.3 Å². The number of amidine groups is 1. The standard InChI is InChI=1S/C10H15N3O/c1-2-8-4-3-5-9(6-8)12-7-10(11)13-14/h3-6,12,14H,2,7H2,1H3,(H2,11,13). The minimum atomic E-state index is 0.173. The van der Waals surface area contributed by atoms with E-state index in [1.54, 1.807) is 0 Å². The lowest BCUT2D eigenvalue weighted by Crippen LogP contribution is -2.22. The molecule has 0 spiro atoms. The van der Waals surface area contributed by atoms with Crippen molar-refractivity contribution in [2.45, 2.75) is 13.3 Å². The van der Waals surface area contributed by atoms with Gasteiger partial charge in [-0.05, 0) is 24.1 Å². The van der Waals surface area contributed by atoms with E-state index in [1.807, 2.05) is 18.2 Å². The lowest BCUT2D eigenvalue weighted by molar-refractivity contribution is 0.317. The zero-order valence-corrected chi connectivity index (χ0v) is 8.20. The molecule has 1 rings (SSSR count). The van der Waals surface area contributed by atoms with Crippen LogP contribution in [-0.4, -0.2) is 17.6 Å². The molecule has 0 radical (unpaired) electrons. The van der Waals surface area contributed by atoms with E-state index in [-0.39, 0.29) is 5.84 Å². The van der Waals surface area contributed by atoms with Crippen LogP contribution in [0.15, 0.2) is 29.4 Å². The average Bonchev–Trinajstić information content (AvgIpc) is 2.26. The van der Waals surface area contributed by atoms with Crippen LogP contribution in [0.2, 0.25) is 0 Å². The summed E-state index contributed by atoms with van der Waals surface area (Å²) in [4.78, 5) is 0. The fourth-order valence-electron chi connectivity index (χ4n) is 1.13. The molecule has 0 bridgehead atoms. The summed E-state index contributed by atoms with van der Waals surface area (Å²) >= 11 is 0. The van der Waals surface area contributed by atoms with E-state index in [0.717, 1.165) is 12.1 Å². The SMILES string of the molecule is CCc1cccc(NC/C(N)=N/O)c1. The quantitative estimate of drug-likeness (QED) is 0.293. The highest BCUT2D eigenvalue weighted by Gasteiger charge is 1.95. The normalized spacial score (nSPS) is 11.4. The van der Waals surface area contributed by atoms with Crippen molar-refractivity contribution in [3.63, 3.8) is 0 Å². The van der Waals surface area contributed by atoms with E-state index in [1.165, 1.54) is 5.56 Å². The number of rotatable bonds is 4. The Morgan fingerprint density at radius 2 is 2.36 bits per heavy atom. The second-order valence-electron chi connectivity index (χ2n) is 3.00. The fraction of sp³-hybridized carbons (Fsp3) is 0.300. The molecule has 0 heterocycles. The zero-order valence-electron chi connectivity index (χ0n) is 8.20. The van der Waals surface area contributed by atoms with Crippen molar-refractivity contribution in [3.05, 3.63) is 29.8 Å². The molecule has 4 nitrogen and oxygen atoms in total. The van der Waals surface area contributed by atoms with Crippen molar-refractivity contribution in [1.29, 1.82) is 0 Å². The Balaban J connectivity index is 2.58. The monoisotopic (exact) mass is 193 g/mol. The Morgan fingerprint density at radius 1 is 1.57 bits per heavy atom. The van der Waals surface area contributed by atoms with Crippen LogP contribution in [0.25, 0.3) is 0 Å². The van der Waals surface area contributed by atoms with Gasteiger partial charge in [0.1, 0.15) is 0 Å². The van der Waals surface area contributed by atoms with Gasteiger partial charge in [0.05, 0.1) is 6.54 Å². The van der Waals surface area contributed by atoms with Crippen molar-refractivity contribution in [2.75, 3.05) is 11.9 Å². The first kappa shape index (κ1) is 10.4. The van der Waals surface area contributed by atoms with Crippen LogP contribution in [0.5, 0.6) is 0 Å². The fourth-order valence-corrected chi connectivity index (χ4v) is 1.13. The van der Waals surface area contributed by atoms with Gasteiger partial charge in [0.25, 0.3) is 0 Å². The first-order valence-corrected chi connectivity index (χ1v) is 4.55. The van der Waals surface area contributed by atoms with E-state index in [0.29, 0.717) is 6.54 Å². The molecule has 4 heteroatoms. The van der Waals surface area contributed by atoms with Crippen molar-refractivity contribution < 1.29 is 5.21 Å². The first-order valence-electron chi connectivity index (χ1n) is 4.55. The van der Waals surface area contributed by atoms with E-state index in [9.17, 15) is 0 Å². The molecule has 1 aromatic carbocycles. The van der Waals surface area contributed by atoms with Gasteiger partial charge in [-0.15, -0.1) is 0 Å². The Morgan fingerprint density at radius 3 is 3.00 bits per heavy atom. The summed E-state index contributed by atoms with van der Waals surface area (Å²) in [6.07, 6.45) is 0.999. The number of nitrogens with one attached hydrogen (secondary N) is 1. The number of hydrogen-bond donors (Lipinski definition) is 3. The molecular weight excluding hydrogens is 178 g/mol. The van der Waals surface area contributed by atoms with Gasteiger partial charge in [0.15, 0.2) is 5.84 Å². The second kappa shape index (κ2) is 5.11. The Kier molecular flexibility index (Phi) is 3.79. The summed E-state index contributed by atoms with van der Waals surface area (Å²) in [6.45, 7) is 2.45. The molecule has 14 heavy (non-hydrogen) atoms. The summed E-state index contributed by atoms with van der Waals surface area (Å²) in [5.74, 6) is 0.173. The third kappa shape index (κ3) is 2.97. The van der Waals surface area contributed by atoms with E-state index in [2.05, 4.69) is 23.5 Å². The smallest absolute Gasteiger partial charge is 0.158 e. The molecule has 0 saturated carbocycles. The topological polar surface area (TPSA) is 70.6 Å². The molecule has 0 saturated heterocycles. The minimum absolute atomic E-state index is 0.173. The number of anilines is 1. The molecule has 0 aliphatic rings. The Hall–Kier alpha value is -1.71. The number of aryl methyl sites for hydroxylation is 1. The van der Waals surface area contributed by atoms with Crippen molar-refractivity contribution in [2.24, 2.45) is 10.9 Å². The Bertz CT molecular complexity index is 323. The lowest BCUT2D eigenvalue weighted by Gasteiger charge is -2.06. The molecule has 0 aromatic heterocycles. The molecule has 76 valence electrons. The van der Waals surface area contributed by atoms with Crippen LogP contribution in [0.1, 0.15) is 12.5 Å². The zero-order chi connectivity index (χ0) is 10.4. The van der Waals surface area contributed by atoms with Crippen molar-refractivity contribution in [3.8, 4) is 0 Å². The van der Waals surface area contributed by atoms with Crippen LogP contribution >= 0.6 is 0 Å². The third-order valence-electron chi connectivity index (χ3n) is 1.94. The number of nitrogens with two attached hydrogens (primary N) is 1. The summed E-state index contributed by atoms with van der Waals surface area (Å²) < 4.78 is 0. The molecule has 0 unspecified atom stereocenters. The van der Waals surface area contributed by atoms with Gasteiger partial charge >= 0.3 is 0 Å². The van der Waals surface area contributed by atoms with Crippen LogP contribution in [0, 0.1) is 0 Å². The van der Waals surface area contributed by atoms with Crippen LogP contribution < -0.4 is 11.1 Å². The highest BCUT2D eigenvalue weighted by Crippen LogP contribution is 2.10. The van der Waals surface area contributed by atoms with Gasteiger partial charge in [-0.25, -0.2) is 0 Å². The van der Waals surface area contributed by atoms with Gasteiger partial charge in [0, 0.05) is 5.69 Å². The predicted octanol–water partition coefficient (Wildman–Crippen LogP) is 1.41. The van der Waals surface area contributed by atoms with Gasteiger partial charge in [-0.3, -0.25) is 0 Å². The van der Waals surface area contributed by atoms with Gasteiger partial charge in [-0.1, -0.05) is 24.2 Å². The largest absolute Gasteiger partial charge is 0.409 e. The first-order chi connectivity index (χ1) is 6.76. The lowest BCUT2D eigenvalue weighted by atomic mass is 10.1. The second-order valence-corrected chi connectivity index (χ2v) is 3.00.